The van der Waals surface area contributed by atoms with Gasteiger partial charge in [-0.15, -0.1) is 0 Å². The van der Waals surface area contributed by atoms with Crippen LogP contribution in [0.25, 0.3) is 11.0 Å². The Bertz CT molecular complexity index is 1620. The molecule has 2 aromatic carbocycles. The van der Waals surface area contributed by atoms with Gasteiger partial charge in [-0.25, -0.2) is 14.8 Å². The molecule has 12 heteroatoms. The molecule has 2 heterocycles. The highest BCUT2D eigenvalue weighted by Crippen LogP contribution is 2.22. The summed E-state index contributed by atoms with van der Waals surface area (Å²) in [6.45, 7) is 2.67. The zero-order valence-corrected chi connectivity index (χ0v) is 25.1. The number of amidine groups is 1. The number of rotatable bonds is 13. The number of carbonyl (C=O) groups excluding carboxylic acids is 3. The lowest BCUT2D eigenvalue weighted by Crippen LogP contribution is -2.33. The summed E-state index contributed by atoms with van der Waals surface area (Å²) in [4.78, 5) is 51.4. The number of carbonyl (C=O) groups is 3. The monoisotopic (exact) mass is 600 g/mol. The van der Waals surface area contributed by atoms with Crippen molar-refractivity contribution < 1.29 is 28.6 Å². The highest BCUT2D eigenvalue weighted by atomic mass is 16.5. The second-order valence-electron chi connectivity index (χ2n) is 9.89. The standard InChI is InChI=1S/C32H36N6O6/c1-4-5-8-19-43-32(41)36-30(33)22-10-13-24(14-11-22)44-21-28-35-25-20-23(12-15-26(25)37(28)2)31(40)38(18-16-29(39)42-3)27-9-6-7-17-34-27/h6-7,9-15,17,20H,4-5,8,16,18-19,21H2,1-3H3,(H2,33,36,41). The summed E-state index contributed by atoms with van der Waals surface area (Å²) >= 11 is 0. The smallest absolute Gasteiger partial charge is 0.435 e. The molecular weight excluding hydrogens is 564 g/mol. The fourth-order valence-corrected chi connectivity index (χ4v) is 4.38. The minimum Gasteiger partial charge on any atom is -0.486 e. The van der Waals surface area contributed by atoms with Crippen molar-refractivity contribution in [1.82, 2.24) is 14.5 Å². The molecule has 0 spiro atoms. The van der Waals surface area contributed by atoms with Gasteiger partial charge < -0.3 is 24.5 Å². The largest absolute Gasteiger partial charge is 0.486 e. The van der Waals surface area contributed by atoms with Crippen LogP contribution in [0.1, 0.15) is 54.4 Å². The predicted octanol–water partition coefficient (Wildman–Crippen LogP) is 4.79. The third-order valence-electron chi connectivity index (χ3n) is 6.86. The molecule has 2 aromatic heterocycles. The highest BCUT2D eigenvalue weighted by Gasteiger charge is 2.21. The first-order chi connectivity index (χ1) is 21.3. The maximum Gasteiger partial charge on any atom is 0.435 e. The third kappa shape index (κ3) is 8.18. The Hall–Kier alpha value is -5.26. The van der Waals surface area contributed by atoms with Gasteiger partial charge in [0.05, 0.1) is 31.2 Å². The molecule has 0 aliphatic heterocycles. The number of amides is 2. The van der Waals surface area contributed by atoms with E-state index in [1.54, 1.807) is 60.8 Å². The molecule has 0 aliphatic rings. The maximum absolute atomic E-state index is 13.5. The van der Waals surface area contributed by atoms with Gasteiger partial charge in [0.15, 0.2) is 0 Å². The number of nitrogens with zero attached hydrogens (tertiary/aromatic N) is 5. The Labute approximate surface area is 255 Å². The number of nitrogens with two attached hydrogens (primary N) is 1. The minimum absolute atomic E-state index is 0.0260. The first-order valence-corrected chi connectivity index (χ1v) is 14.3. The predicted molar refractivity (Wildman–Crippen MR) is 166 cm³/mol. The lowest BCUT2D eigenvalue weighted by atomic mass is 10.1. The van der Waals surface area contributed by atoms with E-state index in [0.717, 1.165) is 24.8 Å². The molecule has 0 fully saturated rings. The zero-order chi connectivity index (χ0) is 31.5. The van der Waals surface area contributed by atoms with Gasteiger partial charge in [0.1, 0.15) is 29.8 Å². The maximum atomic E-state index is 13.5. The molecule has 4 aromatic rings. The van der Waals surface area contributed by atoms with Crippen molar-refractivity contribution in [2.75, 3.05) is 25.2 Å². The van der Waals surface area contributed by atoms with Crippen LogP contribution in [0.4, 0.5) is 10.6 Å². The molecule has 230 valence electrons. The number of hydrogen-bond donors (Lipinski definition) is 1. The van der Waals surface area contributed by atoms with Gasteiger partial charge >= 0.3 is 12.1 Å². The van der Waals surface area contributed by atoms with Crippen LogP contribution >= 0.6 is 0 Å². The van der Waals surface area contributed by atoms with Crippen molar-refractivity contribution >= 4 is 40.7 Å². The number of esters is 1. The van der Waals surface area contributed by atoms with Crippen LogP contribution in [0.5, 0.6) is 5.75 Å². The first kappa shape index (κ1) is 31.7. The van der Waals surface area contributed by atoms with Crippen LogP contribution in [0.2, 0.25) is 0 Å². The van der Waals surface area contributed by atoms with E-state index in [1.165, 1.54) is 12.0 Å². The number of fused-ring (bicyclic) bond motifs is 1. The van der Waals surface area contributed by atoms with E-state index in [2.05, 4.69) is 16.9 Å². The van der Waals surface area contributed by atoms with Crippen molar-refractivity contribution in [2.24, 2.45) is 17.8 Å². The number of unbranched alkanes of at least 4 members (excludes halogenated alkanes) is 2. The molecule has 4 rings (SSSR count). The SMILES string of the molecule is CCCCCOC(=O)/N=C(/N)c1ccc(OCc2nc3cc(C(=O)N(CCC(=O)OC)c4ccccn4)ccc3n2C)cc1. The summed E-state index contributed by atoms with van der Waals surface area (Å²) in [6, 6.07) is 17.4. The Balaban J connectivity index is 1.43. The fourth-order valence-electron chi connectivity index (χ4n) is 4.38. The average Bonchev–Trinajstić information content (AvgIpc) is 3.36. The topological polar surface area (TPSA) is 151 Å². The van der Waals surface area contributed by atoms with Gasteiger partial charge in [0.25, 0.3) is 5.91 Å². The quantitative estimate of drug-likeness (QED) is 0.0988. The number of anilines is 1. The summed E-state index contributed by atoms with van der Waals surface area (Å²) in [6.07, 6.45) is 3.70. The molecule has 0 saturated carbocycles. The van der Waals surface area contributed by atoms with Gasteiger partial charge in [-0.1, -0.05) is 25.8 Å². The molecular formula is C32H36N6O6. The fraction of sp³-hybridized carbons (Fsp3) is 0.312. The second kappa shape index (κ2) is 15.3. The molecule has 12 nitrogen and oxygen atoms in total. The first-order valence-electron chi connectivity index (χ1n) is 14.3. The highest BCUT2D eigenvalue weighted by molar-refractivity contribution is 6.07. The van der Waals surface area contributed by atoms with E-state index in [4.69, 9.17) is 24.9 Å². The zero-order valence-electron chi connectivity index (χ0n) is 25.1. The van der Waals surface area contributed by atoms with E-state index in [0.29, 0.717) is 40.6 Å². The molecule has 0 bridgehead atoms. The number of hydrogen-bond acceptors (Lipinski definition) is 8. The van der Waals surface area contributed by atoms with Crippen LogP contribution in [-0.2, 0) is 27.9 Å². The van der Waals surface area contributed by atoms with Crippen LogP contribution in [0.15, 0.2) is 71.9 Å². The second-order valence-corrected chi connectivity index (χ2v) is 9.89. The molecule has 0 radical (unpaired) electrons. The Kier molecular flexibility index (Phi) is 11.0. The summed E-state index contributed by atoms with van der Waals surface area (Å²) in [5, 5.41) is 0. The van der Waals surface area contributed by atoms with Crippen LogP contribution in [0, 0.1) is 0 Å². The summed E-state index contributed by atoms with van der Waals surface area (Å²) < 4.78 is 17.7. The van der Waals surface area contributed by atoms with E-state index in [-0.39, 0.29) is 31.3 Å². The number of methoxy groups -OCH3 is 1. The van der Waals surface area contributed by atoms with Crippen molar-refractivity contribution in [3.63, 3.8) is 0 Å². The van der Waals surface area contributed by atoms with Crippen LogP contribution < -0.4 is 15.4 Å². The summed E-state index contributed by atoms with van der Waals surface area (Å²) in [7, 11) is 3.18. The molecule has 2 amide bonds. The number of ether oxygens (including phenoxy) is 3. The Morgan fingerprint density at radius 3 is 2.50 bits per heavy atom. The molecule has 0 atom stereocenters. The Morgan fingerprint density at radius 1 is 1.02 bits per heavy atom. The van der Waals surface area contributed by atoms with Crippen molar-refractivity contribution in [1.29, 1.82) is 0 Å². The van der Waals surface area contributed by atoms with E-state index < -0.39 is 12.1 Å². The molecule has 2 N–H and O–H groups in total. The number of pyridine rings is 1. The van der Waals surface area contributed by atoms with Gasteiger partial charge in [-0.2, -0.15) is 4.99 Å². The Morgan fingerprint density at radius 2 is 1.80 bits per heavy atom. The number of aromatic nitrogens is 3. The average molecular weight is 601 g/mol. The van der Waals surface area contributed by atoms with Crippen molar-refractivity contribution in [3.8, 4) is 5.75 Å². The van der Waals surface area contributed by atoms with Crippen LogP contribution in [-0.4, -0.2) is 58.6 Å². The van der Waals surface area contributed by atoms with Crippen molar-refractivity contribution in [3.05, 3.63) is 83.8 Å². The summed E-state index contributed by atoms with van der Waals surface area (Å²) in [5.41, 5.74) is 8.37. The lowest BCUT2D eigenvalue weighted by Gasteiger charge is -2.21. The van der Waals surface area contributed by atoms with Gasteiger partial charge in [-0.3, -0.25) is 14.5 Å². The molecule has 0 unspecified atom stereocenters. The number of aryl methyl sites for hydroxylation is 1. The van der Waals surface area contributed by atoms with Gasteiger partial charge in [-0.05, 0) is 61.0 Å². The molecule has 44 heavy (non-hydrogen) atoms. The number of imidazole rings is 1. The third-order valence-corrected chi connectivity index (χ3v) is 6.86. The van der Waals surface area contributed by atoms with Gasteiger partial charge in [0, 0.05) is 30.9 Å². The van der Waals surface area contributed by atoms with Crippen molar-refractivity contribution in [2.45, 2.75) is 39.2 Å². The number of aliphatic imine (C=N–C) groups is 1. The van der Waals surface area contributed by atoms with Gasteiger partial charge in [0.2, 0.25) is 0 Å². The van der Waals surface area contributed by atoms with E-state index in [1.807, 2.05) is 17.7 Å². The minimum atomic E-state index is -0.712. The van der Waals surface area contributed by atoms with Crippen LogP contribution in [0.3, 0.4) is 0 Å². The molecule has 0 aliphatic carbocycles. The summed E-state index contributed by atoms with van der Waals surface area (Å²) in [5.74, 6) is 0.969. The lowest BCUT2D eigenvalue weighted by molar-refractivity contribution is -0.140. The number of benzene rings is 2. The molecule has 0 saturated heterocycles. The van der Waals surface area contributed by atoms with E-state index >= 15 is 0 Å². The normalized spacial score (nSPS) is 11.3. The van der Waals surface area contributed by atoms with E-state index in [9.17, 15) is 14.4 Å².